The Hall–Kier alpha value is -1.84. The zero-order valence-electron chi connectivity index (χ0n) is 11.1. The summed E-state index contributed by atoms with van der Waals surface area (Å²) < 4.78 is 1.96. The van der Waals surface area contributed by atoms with Crippen molar-refractivity contribution in [1.82, 2.24) is 14.8 Å². The summed E-state index contributed by atoms with van der Waals surface area (Å²) in [5.41, 5.74) is 2.09. The van der Waals surface area contributed by atoms with Crippen molar-refractivity contribution in [3.63, 3.8) is 0 Å². The van der Waals surface area contributed by atoms with Crippen LogP contribution in [0.1, 0.15) is 19.2 Å². The zero-order valence-corrected chi connectivity index (χ0v) is 11.1. The minimum absolute atomic E-state index is 0.668. The zero-order chi connectivity index (χ0) is 13.3. The molecule has 0 spiro atoms. The van der Waals surface area contributed by atoms with Crippen LogP contribution in [0.15, 0.2) is 37.1 Å². The van der Waals surface area contributed by atoms with Crippen molar-refractivity contribution in [2.24, 2.45) is 18.9 Å². The molecule has 4 heteroatoms. The Morgan fingerprint density at radius 3 is 2.72 bits per heavy atom. The second-order valence-corrected chi connectivity index (χ2v) is 4.86. The van der Waals surface area contributed by atoms with Gasteiger partial charge in [0.25, 0.3) is 0 Å². The molecule has 18 heavy (non-hydrogen) atoms. The molecule has 0 bridgehead atoms. The van der Waals surface area contributed by atoms with E-state index in [0.29, 0.717) is 17.8 Å². The van der Waals surface area contributed by atoms with Crippen molar-refractivity contribution in [3.05, 3.63) is 42.9 Å². The summed E-state index contributed by atoms with van der Waals surface area (Å²) >= 11 is 0. The number of aryl methyl sites for hydroxylation is 1. The molecule has 0 radical (unpaired) electrons. The van der Waals surface area contributed by atoms with Crippen LogP contribution in [0.4, 0.5) is 5.95 Å². The van der Waals surface area contributed by atoms with Crippen LogP contribution in [0.3, 0.4) is 0 Å². The lowest BCUT2D eigenvalue weighted by molar-refractivity contribution is 0.641. The van der Waals surface area contributed by atoms with Crippen molar-refractivity contribution < 1.29 is 0 Å². The van der Waals surface area contributed by atoms with E-state index in [-0.39, 0.29) is 0 Å². The molecule has 1 heterocycles. The molecule has 2 rings (SSSR count). The first-order valence-electron chi connectivity index (χ1n) is 6.20. The molecule has 4 nitrogen and oxygen atoms in total. The summed E-state index contributed by atoms with van der Waals surface area (Å²) in [6.07, 6.45) is 3.69. The minimum atomic E-state index is 0.668. The number of hydrogen-bond acceptors (Lipinski definition) is 3. The summed E-state index contributed by atoms with van der Waals surface area (Å²) in [5, 5.41) is 11.4. The molecule has 1 fully saturated rings. The summed E-state index contributed by atoms with van der Waals surface area (Å²) in [6, 6.07) is 0. The summed E-state index contributed by atoms with van der Waals surface area (Å²) in [4.78, 5) is 0. The van der Waals surface area contributed by atoms with Gasteiger partial charge in [0.2, 0.25) is 5.95 Å². The van der Waals surface area contributed by atoms with Gasteiger partial charge in [-0.25, -0.2) is 0 Å². The van der Waals surface area contributed by atoms with Gasteiger partial charge in [0.15, 0.2) is 0 Å². The van der Waals surface area contributed by atoms with E-state index in [9.17, 15) is 0 Å². The topological polar surface area (TPSA) is 42.7 Å². The molecule has 1 aromatic rings. The number of nitrogens with one attached hydrogen (secondary N) is 1. The van der Waals surface area contributed by atoms with Crippen molar-refractivity contribution >= 4 is 5.95 Å². The molecule has 2 atom stereocenters. The minimum Gasteiger partial charge on any atom is -0.325 e. The molecule has 1 saturated carbocycles. The first kappa shape index (κ1) is 12.6. The lowest BCUT2D eigenvalue weighted by Crippen LogP contribution is -2.05. The highest BCUT2D eigenvalue weighted by atomic mass is 15.3. The molecule has 1 aliphatic rings. The monoisotopic (exact) mass is 244 g/mol. The normalized spacial score (nSPS) is 21.8. The standard InChI is InChI=1S/C14H20N4/c1-6-9(2)15-14-17-16-13(18(14)5)8-7-12-10(3)11(12)4/h6,11-12H,1-3,7-8H2,4-5H3,(H,15,17). The van der Waals surface area contributed by atoms with Gasteiger partial charge < -0.3 is 9.88 Å². The first-order chi connectivity index (χ1) is 8.54. The van der Waals surface area contributed by atoms with Crippen molar-refractivity contribution in [1.29, 1.82) is 0 Å². The van der Waals surface area contributed by atoms with Crippen LogP contribution in [0, 0.1) is 11.8 Å². The smallest absolute Gasteiger partial charge is 0.228 e. The Labute approximate surface area is 108 Å². The molecule has 1 N–H and O–H groups in total. The lowest BCUT2D eigenvalue weighted by Gasteiger charge is -2.05. The molecule has 1 aromatic heterocycles. The third kappa shape index (κ3) is 2.37. The Morgan fingerprint density at radius 2 is 2.17 bits per heavy atom. The van der Waals surface area contributed by atoms with Gasteiger partial charge in [-0.15, -0.1) is 10.2 Å². The SMILES string of the molecule is C=CC(=C)Nc1nnc(CCC2C(=C)C2C)n1C. The van der Waals surface area contributed by atoms with E-state index in [1.165, 1.54) is 5.57 Å². The number of allylic oxidation sites excluding steroid dienone is 2. The molecule has 0 saturated heterocycles. The third-order valence-corrected chi connectivity index (χ3v) is 3.72. The van der Waals surface area contributed by atoms with E-state index >= 15 is 0 Å². The van der Waals surface area contributed by atoms with Gasteiger partial charge in [0.1, 0.15) is 5.82 Å². The molecule has 0 aromatic carbocycles. The number of aromatic nitrogens is 3. The van der Waals surface area contributed by atoms with Crippen LogP contribution in [-0.4, -0.2) is 14.8 Å². The van der Waals surface area contributed by atoms with Crippen LogP contribution in [0.5, 0.6) is 0 Å². The number of rotatable bonds is 6. The highest BCUT2D eigenvalue weighted by molar-refractivity contribution is 5.38. The van der Waals surface area contributed by atoms with Gasteiger partial charge in [-0.05, 0) is 24.3 Å². The highest BCUT2D eigenvalue weighted by Crippen LogP contribution is 2.46. The second-order valence-electron chi connectivity index (χ2n) is 4.86. The first-order valence-corrected chi connectivity index (χ1v) is 6.20. The maximum Gasteiger partial charge on any atom is 0.228 e. The second kappa shape index (κ2) is 4.80. The predicted octanol–water partition coefficient (Wildman–Crippen LogP) is 2.68. The maximum atomic E-state index is 4.20. The molecular formula is C14H20N4. The third-order valence-electron chi connectivity index (χ3n) is 3.72. The van der Waals surface area contributed by atoms with Crippen LogP contribution in [-0.2, 0) is 13.5 Å². The van der Waals surface area contributed by atoms with E-state index in [4.69, 9.17) is 0 Å². The van der Waals surface area contributed by atoms with E-state index in [1.807, 2.05) is 11.6 Å². The fourth-order valence-corrected chi connectivity index (χ4v) is 2.14. The largest absolute Gasteiger partial charge is 0.325 e. The summed E-state index contributed by atoms with van der Waals surface area (Å²) in [5.74, 6) is 3.04. The number of hydrogen-bond donors (Lipinski definition) is 1. The molecule has 0 amide bonds. The van der Waals surface area contributed by atoms with Crippen molar-refractivity contribution in [2.45, 2.75) is 19.8 Å². The average molecular weight is 244 g/mol. The number of anilines is 1. The molecule has 96 valence electrons. The average Bonchev–Trinajstić information content (AvgIpc) is 2.77. The Morgan fingerprint density at radius 1 is 1.50 bits per heavy atom. The van der Waals surface area contributed by atoms with Crippen LogP contribution in [0.2, 0.25) is 0 Å². The van der Waals surface area contributed by atoms with E-state index < -0.39 is 0 Å². The van der Waals surface area contributed by atoms with E-state index in [2.05, 4.69) is 42.2 Å². The fourth-order valence-electron chi connectivity index (χ4n) is 2.14. The van der Waals surface area contributed by atoms with Gasteiger partial charge in [0.05, 0.1) is 0 Å². The predicted molar refractivity (Wildman–Crippen MR) is 74.1 cm³/mol. The Bertz CT molecular complexity index is 498. The van der Waals surface area contributed by atoms with E-state index in [1.54, 1.807) is 6.08 Å². The fraction of sp³-hybridized carbons (Fsp3) is 0.429. The maximum absolute atomic E-state index is 4.20. The van der Waals surface area contributed by atoms with Crippen molar-refractivity contribution in [2.75, 3.05) is 5.32 Å². The van der Waals surface area contributed by atoms with Gasteiger partial charge >= 0.3 is 0 Å². The molecule has 2 unspecified atom stereocenters. The highest BCUT2D eigenvalue weighted by Gasteiger charge is 2.37. The van der Waals surface area contributed by atoms with Gasteiger partial charge in [-0.1, -0.05) is 32.2 Å². The van der Waals surface area contributed by atoms with Crippen molar-refractivity contribution in [3.8, 4) is 0 Å². The van der Waals surface area contributed by atoms with E-state index in [0.717, 1.165) is 24.4 Å². The lowest BCUT2D eigenvalue weighted by atomic mass is 10.2. The molecule has 0 aliphatic heterocycles. The van der Waals surface area contributed by atoms with Gasteiger partial charge in [0, 0.05) is 19.2 Å². The Kier molecular flexibility index (Phi) is 3.36. The quantitative estimate of drug-likeness (QED) is 0.618. The van der Waals surface area contributed by atoms with Crippen LogP contribution in [0.25, 0.3) is 0 Å². The Balaban J connectivity index is 1.95. The molecular weight excluding hydrogens is 224 g/mol. The van der Waals surface area contributed by atoms with Crippen LogP contribution < -0.4 is 5.32 Å². The number of nitrogens with zero attached hydrogens (tertiary/aromatic N) is 3. The summed E-state index contributed by atoms with van der Waals surface area (Å²) in [7, 11) is 1.96. The van der Waals surface area contributed by atoms with Gasteiger partial charge in [-0.2, -0.15) is 0 Å². The molecule has 1 aliphatic carbocycles. The van der Waals surface area contributed by atoms with Gasteiger partial charge in [-0.3, -0.25) is 0 Å². The van der Waals surface area contributed by atoms with Crippen LogP contribution >= 0.6 is 0 Å². The summed E-state index contributed by atoms with van der Waals surface area (Å²) in [6.45, 7) is 13.7.